The number of hydrogen-bond acceptors (Lipinski definition) is 1. The van der Waals surface area contributed by atoms with Crippen LogP contribution in [0.25, 0.3) is 5.57 Å². The van der Waals surface area contributed by atoms with Gasteiger partial charge in [-0.15, -0.1) is 0 Å². The lowest BCUT2D eigenvalue weighted by Crippen LogP contribution is -2.21. The highest BCUT2D eigenvalue weighted by Gasteiger charge is 2.18. The van der Waals surface area contributed by atoms with E-state index in [9.17, 15) is 0 Å². The number of rotatable bonds is 3. The lowest BCUT2D eigenvalue weighted by Gasteiger charge is -2.29. The number of hydrogen-bond donors (Lipinski definition) is 0. The van der Waals surface area contributed by atoms with Crippen molar-refractivity contribution in [2.24, 2.45) is 0 Å². The van der Waals surface area contributed by atoms with E-state index in [1.54, 1.807) is 0 Å². The SMILES string of the molecule is C1=C(c2ccccc2)c2ccccc2CN1Cc1ccccc1. The van der Waals surface area contributed by atoms with Crippen LogP contribution in [0.3, 0.4) is 0 Å². The van der Waals surface area contributed by atoms with Gasteiger partial charge in [-0.25, -0.2) is 0 Å². The highest BCUT2D eigenvalue weighted by Crippen LogP contribution is 2.32. The van der Waals surface area contributed by atoms with Gasteiger partial charge in [0.2, 0.25) is 0 Å². The fourth-order valence-electron chi connectivity index (χ4n) is 3.20. The van der Waals surface area contributed by atoms with Crippen LogP contribution in [0.2, 0.25) is 0 Å². The molecule has 3 aromatic rings. The molecule has 0 fully saturated rings. The molecule has 0 spiro atoms. The van der Waals surface area contributed by atoms with Crippen molar-refractivity contribution in [1.82, 2.24) is 4.90 Å². The molecule has 4 rings (SSSR count). The van der Waals surface area contributed by atoms with Gasteiger partial charge < -0.3 is 4.90 Å². The summed E-state index contributed by atoms with van der Waals surface area (Å²) in [5.41, 5.74) is 6.67. The maximum Gasteiger partial charge on any atom is 0.0434 e. The van der Waals surface area contributed by atoms with Crippen LogP contribution in [0.1, 0.15) is 22.3 Å². The van der Waals surface area contributed by atoms with E-state index in [0.29, 0.717) is 0 Å². The molecular weight excluding hydrogens is 278 g/mol. The molecule has 1 aliphatic heterocycles. The monoisotopic (exact) mass is 297 g/mol. The van der Waals surface area contributed by atoms with Gasteiger partial charge in [0.15, 0.2) is 0 Å². The number of benzene rings is 3. The Kier molecular flexibility index (Phi) is 3.69. The molecule has 0 aliphatic carbocycles. The van der Waals surface area contributed by atoms with Crippen LogP contribution in [0.15, 0.2) is 91.1 Å². The van der Waals surface area contributed by atoms with E-state index in [0.717, 1.165) is 13.1 Å². The van der Waals surface area contributed by atoms with Gasteiger partial charge in [0.05, 0.1) is 0 Å². The zero-order valence-corrected chi connectivity index (χ0v) is 13.0. The summed E-state index contributed by atoms with van der Waals surface area (Å²) in [5, 5.41) is 0. The number of nitrogens with zero attached hydrogens (tertiary/aromatic N) is 1. The molecule has 1 heteroatoms. The van der Waals surface area contributed by atoms with E-state index < -0.39 is 0 Å². The minimum Gasteiger partial charge on any atom is -0.368 e. The summed E-state index contributed by atoms with van der Waals surface area (Å²) >= 11 is 0. The average molecular weight is 297 g/mol. The summed E-state index contributed by atoms with van der Waals surface area (Å²) in [6.45, 7) is 1.90. The first kappa shape index (κ1) is 13.8. The molecule has 1 heterocycles. The fraction of sp³-hybridized carbons (Fsp3) is 0.0909. The zero-order chi connectivity index (χ0) is 15.5. The van der Waals surface area contributed by atoms with Crippen molar-refractivity contribution in [3.05, 3.63) is 113 Å². The van der Waals surface area contributed by atoms with E-state index in [4.69, 9.17) is 0 Å². The molecule has 3 aromatic carbocycles. The second kappa shape index (κ2) is 6.13. The Morgan fingerprint density at radius 2 is 1.35 bits per heavy atom. The quantitative estimate of drug-likeness (QED) is 0.650. The molecule has 23 heavy (non-hydrogen) atoms. The molecule has 0 saturated heterocycles. The topological polar surface area (TPSA) is 3.24 Å². The van der Waals surface area contributed by atoms with Crippen molar-refractivity contribution in [2.75, 3.05) is 0 Å². The summed E-state index contributed by atoms with van der Waals surface area (Å²) in [4.78, 5) is 2.40. The molecule has 0 radical (unpaired) electrons. The van der Waals surface area contributed by atoms with Crippen molar-refractivity contribution in [2.45, 2.75) is 13.1 Å². The van der Waals surface area contributed by atoms with Gasteiger partial charge in [0, 0.05) is 24.9 Å². The second-order valence-corrected chi connectivity index (χ2v) is 5.96. The molecule has 0 amide bonds. The van der Waals surface area contributed by atoms with Crippen molar-refractivity contribution in [3.8, 4) is 0 Å². The summed E-state index contributed by atoms with van der Waals surface area (Å²) in [7, 11) is 0. The third-order valence-corrected chi connectivity index (χ3v) is 4.31. The van der Waals surface area contributed by atoms with Crippen molar-refractivity contribution >= 4 is 5.57 Å². The van der Waals surface area contributed by atoms with Gasteiger partial charge in [0.25, 0.3) is 0 Å². The van der Waals surface area contributed by atoms with Gasteiger partial charge in [-0.1, -0.05) is 84.9 Å². The minimum absolute atomic E-state index is 0.936. The Bertz CT molecular complexity index is 819. The van der Waals surface area contributed by atoms with Gasteiger partial charge in [-0.3, -0.25) is 0 Å². The van der Waals surface area contributed by atoms with Crippen LogP contribution >= 0.6 is 0 Å². The smallest absolute Gasteiger partial charge is 0.0434 e. The van der Waals surface area contributed by atoms with Crippen LogP contribution < -0.4 is 0 Å². The van der Waals surface area contributed by atoms with Crippen molar-refractivity contribution in [3.63, 3.8) is 0 Å². The predicted octanol–water partition coefficient (Wildman–Crippen LogP) is 5.09. The van der Waals surface area contributed by atoms with Crippen LogP contribution in [-0.2, 0) is 13.1 Å². The average Bonchev–Trinajstić information content (AvgIpc) is 2.63. The molecule has 0 bridgehead atoms. The van der Waals surface area contributed by atoms with Gasteiger partial charge in [-0.2, -0.15) is 0 Å². The lowest BCUT2D eigenvalue weighted by atomic mass is 9.91. The zero-order valence-electron chi connectivity index (χ0n) is 13.0. The highest BCUT2D eigenvalue weighted by atomic mass is 15.1. The van der Waals surface area contributed by atoms with E-state index in [1.807, 2.05) is 0 Å². The predicted molar refractivity (Wildman–Crippen MR) is 95.7 cm³/mol. The Hall–Kier alpha value is -2.80. The van der Waals surface area contributed by atoms with E-state index in [1.165, 1.54) is 27.8 Å². The fourth-order valence-corrected chi connectivity index (χ4v) is 3.20. The second-order valence-electron chi connectivity index (χ2n) is 5.96. The van der Waals surface area contributed by atoms with Crippen molar-refractivity contribution in [1.29, 1.82) is 0 Å². The van der Waals surface area contributed by atoms with Gasteiger partial charge in [0.1, 0.15) is 0 Å². The molecule has 0 unspecified atom stereocenters. The van der Waals surface area contributed by atoms with Crippen LogP contribution in [0.4, 0.5) is 0 Å². The Morgan fingerprint density at radius 3 is 2.13 bits per heavy atom. The molecule has 0 N–H and O–H groups in total. The summed E-state index contributed by atoms with van der Waals surface area (Å²) in [6, 6.07) is 30.1. The largest absolute Gasteiger partial charge is 0.368 e. The molecule has 1 nitrogen and oxygen atoms in total. The van der Waals surface area contributed by atoms with E-state index in [-0.39, 0.29) is 0 Å². The van der Waals surface area contributed by atoms with Crippen molar-refractivity contribution < 1.29 is 0 Å². The molecule has 1 aliphatic rings. The van der Waals surface area contributed by atoms with Crippen LogP contribution in [-0.4, -0.2) is 4.90 Å². The van der Waals surface area contributed by atoms with E-state index in [2.05, 4.69) is 96.0 Å². The summed E-state index contributed by atoms with van der Waals surface area (Å²) in [6.07, 6.45) is 2.31. The van der Waals surface area contributed by atoms with Gasteiger partial charge >= 0.3 is 0 Å². The molecule has 0 atom stereocenters. The Labute approximate surface area is 137 Å². The maximum atomic E-state index is 2.40. The first-order valence-electron chi connectivity index (χ1n) is 8.04. The molecule has 0 saturated carbocycles. The first-order chi connectivity index (χ1) is 11.4. The van der Waals surface area contributed by atoms with E-state index >= 15 is 0 Å². The van der Waals surface area contributed by atoms with Crippen LogP contribution in [0.5, 0.6) is 0 Å². The Balaban J connectivity index is 1.73. The third-order valence-electron chi connectivity index (χ3n) is 4.31. The highest BCUT2D eigenvalue weighted by molar-refractivity contribution is 5.82. The molecule has 0 aromatic heterocycles. The summed E-state index contributed by atoms with van der Waals surface area (Å²) in [5.74, 6) is 0. The maximum absolute atomic E-state index is 2.40. The normalized spacial score (nSPS) is 13.4. The molecular formula is C22H19N. The van der Waals surface area contributed by atoms with Gasteiger partial charge in [-0.05, 0) is 22.3 Å². The lowest BCUT2D eigenvalue weighted by molar-refractivity contribution is 0.358. The standard InChI is InChI=1S/C22H19N/c1-3-9-18(10-4-1)15-23-16-20-13-7-8-14-21(20)22(17-23)19-11-5-2-6-12-19/h1-14,17H,15-16H2. The first-order valence-corrected chi connectivity index (χ1v) is 8.04. The van der Waals surface area contributed by atoms with Crippen LogP contribution in [0, 0.1) is 0 Å². The third kappa shape index (κ3) is 2.91. The number of fused-ring (bicyclic) bond motifs is 1. The Morgan fingerprint density at radius 1 is 0.696 bits per heavy atom. The molecule has 112 valence electrons. The summed E-state index contributed by atoms with van der Waals surface area (Å²) < 4.78 is 0. The minimum atomic E-state index is 0.936.